The van der Waals surface area contributed by atoms with Crippen molar-refractivity contribution in [3.63, 3.8) is 0 Å². The average molecular weight is 436 g/mol. The van der Waals surface area contributed by atoms with E-state index < -0.39 is 6.04 Å². The number of aromatic nitrogens is 2. The zero-order chi connectivity index (χ0) is 22.1. The molecule has 1 aliphatic carbocycles. The molecule has 2 amide bonds. The van der Waals surface area contributed by atoms with Gasteiger partial charge in [0.25, 0.3) is 5.91 Å². The standard InChI is InChI=1S/C24H29N5O3/c25-19(11-17-14-26-20-4-2-1-3-18(17)20)24(31)29-9-7-15(8-10-29)13-27-23(30)21-12-22(32-28-21)16-5-6-16/h1-4,12,14-16,19,26H,5-11,13,25H2,(H,27,30)/t19-/m0/s1. The van der Waals surface area contributed by atoms with Crippen molar-refractivity contribution in [1.82, 2.24) is 20.4 Å². The van der Waals surface area contributed by atoms with E-state index in [-0.39, 0.29) is 11.8 Å². The molecule has 0 unspecified atom stereocenters. The first-order valence-corrected chi connectivity index (χ1v) is 11.4. The highest BCUT2D eigenvalue weighted by molar-refractivity contribution is 5.92. The van der Waals surface area contributed by atoms with Crippen LogP contribution in [-0.2, 0) is 11.2 Å². The minimum Gasteiger partial charge on any atom is -0.361 e. The Labute approximate surface area is 186 Å². The normalized spacial score (nSPS) is 18.1. The molecule has 168 valence electrons. The minimum absolute atomic E-state index is 0.00651. The van der Waals surface area contributed by atoms with Gasteiger partial charge in [0.2, 0.25) is 5.91 Å². The monoisotopic (exact) mass is 435 g/mol. The quantitative estimate of drug-likeness (QED) is 0.527. The van der Waals surface area contributed by atoms with Crippen molar-refractivity contribution in [2.75, 3.05) is 19.6 Å². The van der Waals surface area contributed by atoms with E-state index in [4.69, 9.17) is 10.3 Å². The highest BCUT2D eigenvalue weighted by Crippen LogP contribution is 2.40. The number of aromatic amines is 1. The van der Waals surface area contributed by atoms with Gasteiger partial charge < -0.3 is 25.5 Å². The van der Waals surface area contributed by atoms with Crippen LogP contribution in [0.2, 0.25) is 0 Å². The molecule has 0 bridgehead atoms. The Bertz CT molecular complexity index is 1110. The highest BCUT2D eigenvalue weighted by atomic mass is 16.5. The van der Waals surface area contributed by atoms with Crippen LogP contribution in [0.4, 0.5) is 0 Å². The summed E-state index contributed by atoms with van der Waals surface area (Å²) in [7, 11) is 0. The van der Waals surface area contributed by atoms with Gasteiger partial charge in [-0.25, -0.2) is 0 Å². The lowest BCUT2D eigenvalue weighted by Crippen LogP contribution is -2.49. The van der Waals surface area contributed by atoms with Crippen LogP contribution in [0.1, 0.15) is 53.4 Å². The second-order valence-corrected chi connectivity index (χ2v) is 9.04. The van der Waals surface area contributed by atoms with Gasteiger partial charge in [-0.1, -0.05) is 23.4 Å². The van der Waals surface area contributed by atoms with Gasteiger partial charge in [0.1, 0.15) is 5.76 Å². The first kappa shape index (κ1) is 20.8. The number of piperidine rings is 1. The van der Waals surface area contributed by atoms with Gasteiger partial charge in [-0.3, -0.25) is 9.59 Å². The van der Waals surface area contributed by atoms with Crippen LogP contribution in [0.5, 0.6) is 0 Å². The first-order chi connectivity index (χ1) is 15.6. The smallest absolute Gasteiger partial charge is 0.273 e. The molecule has 2 aromatic heterocycles. The summed E-state index contributed by atoms with van der Waals surface area (Å²) in [4.78, 5) is 30.3. The van der Waals surface area contributed by atoms with Crippen LogP contribution < -0.4 is 11.1 Å². The van der Waals surface area contributed by atoms with Gasteiger partial charge in [-0.2, -0.15) is 0 Å². The maximum Gasteiger partial charge on any atom is 0.273 e. The van der Waals surface area contributed by atoms with Crippen LogP contribution >= 0.6 is 0 Å². The average Bonchev–Trinajstić information content (AvgIpc) is 3.41. The largest absolute Gasteiger partial charge is 0.361 e. The third kappa shape index (κ3) is 4.41. The lowest BCUT2D eigenvalue weighted by molar-refractivity contribution is -0.133. The van der Waals surface area contributed by atoms with E-state index in [9.17, 15) is 9.59 Å². The molecule has 0 radical (unpaired) electrons. The summed E-state index contributed by atoms with van der Waals surface area (Å²) >= 11 is 0. The summed E-state index contributed by atoms with van der Waals surface area (Å²) in [5, 5.41) is 7.96. The fourth-order valence-corrected chi connectivity index (χ4v) is 4.50. The molecular weight excluding hydrogens is 406 g/mol. The van der Waals surface area contributed by atoms with Gasteiger partial charge in [0.05, 0.1) is 6.04 Å². The first-order valence-electron chi connectivity index (χ1n) is 11.4. The molecule has 32 heavy (non-hydrogen) atoms. The Morgan fingerprint density at radius 3 is 2.78 bits per heavy atom. The van der Waals surface area contributed by atoms with E-state index in [0.29, 0.717) is 43.6 Å². The van der Waals surface area contributed by atoms with Crippen molar-refractivity contribution in [2.24, 2.45) is 11.7 Å². The van der Waals surface area contributed by atoms with E-state index >= 15 is 0 Å². The Hall–Kier alpha value is -3.13. The number of nitrogens with two attached hydrogens (primary N) is 1. The third-order valence-electron chi connectivity index (χ3n) is 6.65. The summed E-state index contributed by atoms with van der Waals surface area (Å²) in [5.41, 5.74) is 8.75. The predicted molar refractivity (Wildman–Crippen MR) is 120 cm³/mol. The van der Waals surface area contributed by atoms with E-state index in [1.54, 1.807) is 6.07 Å². The summed E-state index contributed by atoms with van der Waals surface area (Å²) < 4.78 is 5.26. The van der Waals surface area contributed by atoms with Crippen molar-refractivity contribution in [1.29, 1.82) is 0 Å². The maximum atomic E-state index is 12.9. The fourth-order valence-electron chi connectivity index (χ4n) is 4.50. The number of amides is 2. The minimum atomic E-state index is -0.557. The third-order valence-corrected chi connectivity index (χ3v) is 6.65. The number of rotatable bonds is 7. The summed E-state index contributed by atoms with van der Waals surface area (Å²) in [5.74, 6) is 1.38. The number of carbonyl (C=O) groups is 2. The summed E-state index contributed by atoms with van der Waals surface area (Å²) in [6.45, 7) is 1.90. The lowest BCUT2D eigenvalue weighted by Gasteiger charge is -2.33. The molecule has 1 atom stereocenters. The van der Waals surface area contributed by atoms with Gasteiger partial charge >= 0.3 is 0 Å². The topological polar surface area (TPSA) is 117 Å². The molecule has 1 saturated carbocycles. The number of H-pyrrole nitrogens is 1. The summed E-state index contributed by atoms with van der Waals surface area (Å²) in [6, 6.07) is 9.23. The molecule has 4 N–H and O–H groups in total. The number of carbonyl (C=O) groups excluding carboxylic acids is 2. The number of likely N-dealkylation sites (tertiary alicyclic amines) is 1. The van der Waals surface area contributed by atoms with Crippen molar-refractivity contribution in [3.8, 4) is 0 Å². The Balaban J connectivity index is 1.08. The molecule has 0 spiro atoms. The molecule has 1 aliphatic heterocycles. The molecule has 1 aromatic carbocycles. The van der Waals surface area contributed by atoms with Crippen LogP contribution in [0.3, 0.4) is 0 Å². The number of benzene rings is 1. The van der Waals surface area contributed by atoms with Gasteiger partial charge in [0, 0.05) is 48.7 Å². The molecule has 8 nitrogen and oxygen atoms in total. The molecule has 3 heterocycles. The zero-order valence-electron chi connectivity index (χ0n) is 18.0. The maximum absolute atomic E-state index is 12.9. The van der Waals surface area contributed by atoms with Gasteiger partial charge in [-0.15, -0.1) is 0 Å². The second kappa shape index (κ2) is 8.78. The zero-order valence-corrected chi connectivity index (χ0v) is 18.0. The Morgan fingerprint density at radius 1 is 1.22 bits per heavy atom. The second-order valence-electron chi connectivity index (χ2n) is 9.04. The SMILES string of the molecule is N[C@@H](Cc1c[nH]c2ccccc12)C(=O)N1CCC(CNC(=O)c2cc(C3CC3)on2)CC1. The van der Waals surface area contributed by atoms with Crippen LogP contribution in [-0.4, -0.2) is 52.5 Å². The van der Waals surface area contributed by atoms with Crippen molar-refractivity contribution in [3.05, 3.63) is 53.5 Å². The number of hydrogen-bond donors (Lipinski definition) is 3. The van der Waals surface area contributed by atoms with Crippen molar-refractivity contribution in [2.45, 2.75) is 44.1 Å². The van der Waals surface area contributed by atoms with Crippen LogP contribution in [0.15, 0.2) is 41.1 Å². The summed E-state index contributed by atoms with van der Waals surface area (Å²) in [6.07, 6.45) is 6.36. The number of nitrogens with one attached hydrogen (secondary N) is 2. The molecule has 8 heteroatoms. The number of para-hydroxylation sites is 1. The lowest BCUT2D eigenvalue weighted by atomic mass is 9.95. The Kier molecular flexibility index (Phi) is 5.70. The van der Waals surface area contributed by atoms with Gasteiger partial charge in [0.15, 0.2) is 5.69 Å². The van der Waals surface area contributed by atoms with Crippen molar-refractivity contribution >= 4 is 22.7 Å². The highest BCUT2D eigenvalue weighted by Gasteiger charge is 2.30. The van der Waals surface area contributed by atoms with Gasteiger partial charge in [-0.05, 0) is 49.7 Å². The van der Waals surface area contributed by atoms with Crippen LogP contribution in [0, 0.1) is 5.92 Å². The number of hydrogen-bond acceptors (Lipinski definition) is 5. The molecule has 2 aliphatic rings. The molecule has 2 fully saturated rings. The van der Waals surface area contributed by atoms with Crippen LogP contribution in [0.25, 0.3) is 10.9 Å². The Morgan fingerprint density at radius 2 is 2.00 bits per heavy atom. The van der Waals surface area contributed by atoms with E-state index in [0.717, 1.165) is 47.9 Å². The number of fused-ring (bicyclic) bond motifs is 1. The van der Waals surface area contributed by atoms with E-state index in [1.807, 2.05) is 35.4 Å². The van der Waals surface area contributed by atoms with E-state index in [2.05, 4.69) is 15.5 Å². The van der Waals surface area contributed by atoms with E-state index in [1.165, 1.54) is 0 Å². The molecule has 1 saturated heterocycles. The predicted octanol–water partition coefficient (Wildman–Crippen LogP) is 2.57. The number of nitrogens with zero attached hydrogens (tertiary/aromatic N) is 2. The van der Waals surface area contributed by atoms with Crippen molar-refractivity contribution < 1.29 is 14.1 Å². The molecule has 3 aromatic rings. The molecule has 5 rings (SSSR count). The molecular formula is C24H29N5O3. The fraction of sp³-hybridized carbons (Fsp3) is 0.458.